The Morgan fingerprint density at radius 2 is 1.60 bits per heavy atom. The van der Waals surface area contributed by atoms with Crippen LogP contribution in [0, 0.1) is 22.9 Å². The Kier molecular flexibility index (Phi) is 3.28. The second-order valence-corrected chi connectivity index (χ2v) is 5.70. The van der Waals surface area contributed by atoms with Gasteiger partial charge in [0.1, 0.15) is 11.3 Å². The first-order chi connectivity index (χ1) is 11.9. The van der Waals surface area contributed by atoms with Crippen LogP contribution in [0.2, 0.25) is 0 Å². The summed E-state index contributed by atoms with van der Waals surface area (Å²) in [5.74, 6) is -3.70. The van der Waals surface area contributed by atoms with E-state index in [1.165, 1.54) is 6.07 Å². The minimum absolute atomic E-state index is 0.171. The molecule has 0 fully saturated rings. The number of hydrogen-bond donors (Lipinski definition) is 2. The van der Waals surface area contributed by atoms with Crippen molar-refractivity contribution in [1.29, 1.82) is 5.41 Å². The Bertz CT molecular complexity index is 1140. The monoisotopic (exact) mass is 340 g/mol. The minimum Gasteiger partial charge on any atom is -0.456 e. The third kappa shape index (κ3) is 2.42. The molecule has 1 aliphatic carbocycles. The van der Waals surface area contributed by atoms with Crippen molar-refractivity contribution in [3.63, 3.8) is 0 Å². The molecule has 4 rings (SSSR count). The van der Waals surface area contributed by atoms with E-state index < -0.39 is 17.5 Å². The second kappa shape index (κ2) is 5.37. The van der Waals surface area contributed by atoms with Crippen molar-refractivity contribution in [3.05, 3.63) is 71.3 Å². The smallest absolute Gasteiger partial charge is 0.194 e. The summed E-state index contributed by atoms with van der Waals surface area (Å²) in [4.78, 5) is 0. The van der Waals surface area contributed by atoms with Crippen LogP contribution in [0.25, 0.3) is 33.4 Å². The van der Waals surface area contributed by atoms with E-state index in [0.29, 0.717) is 33.5 Å². The van der Waals surface area contributed by atoms with Gasteiger partial charge in [0.05, 0.1) is 5.36 Å². The van der Waals surface area contributed by atoms with Crippen LogP contribution >= 0.6 is 0 Å². The second-order valence-electron chi connectivity index (χ2n) is 5.70. The normalized spacial score (nSPS) is 11.3. The molecule has 2 aromatic carbocycles. The number of nitrogen functional groups attached to an aromatic ring is 1. The Morgan fingerprint density at radius 3 is 2.32 bits per heavy atom. The fourth-order valence-electron chi connectivity index (χ4n) is 2.92. The van der Waals surface area contributed by atoms with Crippen molar-refractivity contribution < 1.29 is 17.6 Å². The van der Waals surface area contributed by atoms with E-state index in [1.807, 2.05) is 0 Å². The van der Waals surface area contributed by atoms with Crippen LogP contribution in [-0.2, 0) is 0 Å². The van der Waals surface area contributed by atoms with Gasteiger partial charge in [0.25, 0.3) is 0 Å². The molecule has 0 spiro atoms. The largest absolute Gasteiger partial charge is 0.456 e. The third-order valence-electron chi connectivity index (χ3n) is 4.02. The van der Waals surface area contributed by atoms with Gasteiger partial charge in [-0.05, 0) is 42.0 Å². The summed E-state index contributed by atoms with van der Waals surface area (Å²) < 4.78 is 46.7. The van der Waals surface area contributed by atoms with Gasteiger partial charge in [-0.2, -0.15) is 0 Å². The molecule has 25 heavy (non-hydrogen) atoms. The van der Waals surface area contributed by atoms with E-state index in [0.717, 1.165) is 12.1 Å². The van der Waals surface area contributed by atoms with E-state index >= 15 is 0 Å². The Labute approximate surface area is 140 Å². The average molecular weight is 340 g/mol. The Hall–Kier alpha value is -3.28. The van der Waals surface area contributed by atoms with Gasteiger partial charge in [-0.15, -0.1) is 0 Å². The Morgan fingerprint density at radius 1 is 0.880 bits per heavy atom. The molecule has 124 valence electrons. The van der Waals surface area contributed by atoms with Crippen LogP contribution in [0.1, 0.15) is 0 Å². The molecule has 2 aliphatic rings. The summed E-state index contributed by atoms with van der Waals surface area (Å²) in [5.41, 5.74) is 7.85. The number of anilines is 1. The van der Waals surface area contributed by atoms with Crippen LogP contribution in [0.4, 0.5) is 18.9 Å². The maximum Gasteiger partial charge on any atom is 0.194 e. The molecule has 0 unspecified atom stereocenters. The van der Waals surface area contributed by atoms with Crippen molar-refractivity contribution in [1.82, 2.24) is 0 Å². The van der Waals surface area contributed by atoms with Gasteiger partial charge < -0.3 is 15.6 Å². The minimum atomic E-state index is -1.52. The van der Waals surface area contributed by atoms with Gasteiger partial charge in [-0.1, -0.05) is 0 Å². The molecule has 0 saturated carbocycles. The molecule has 0 saturated heterocycles. The first-order valence-corrected chi connectivity index (χ1v) is 7.39. The van der Waals surface area contributed by atoms with Crippen LogP contribution in [0.5, 0.6) is 0 Å². The molecule has 1 aliphatic heterocycles. The Balaban J connectivity index is 2.19. The molecule has 0 amide bonds. The number of nitrogens with one attached hydrogen (secondary N) is 1. The number of fused-ring (bicyclic) bond motifs is 2. The van der Waals surface area contributed by atoms with E-state index in [1.54, 1.807) is 30.3 Å². The van der Waals surface area contributed by atoms with Gasteiger partial charge in [0.15, 0.2) is 17.5 Å². The lowest BCUT2D eigenvalue weighted by atomic mass is 9.93. The van der Waals surface area contributed by atoms with Crippen molar-refractivity contribution in [2.75, 3.05) is 5.73 Å². The van der Waals surface area contributed by atoms with E-state index in [4.69, 9.17) is 15.6 Å². The zero-order valence-electron chi connectivity index (χ0n) is 12.7. The van der Waals surface area contributed by atoms with E-state index in [2.05, 4.69) is 0 Å². The SMILES string of the molecule is N=c1ccc2c(-c3cc(F)c(F)c(F)c3)c3ccc(N)cc3oc-2c1. The molecule has 2 aromatic rings. The topological polar surface area (TPSA) is 63.0 Å². The highest BCUT2D eigenvalue weighted by Crippen LogP contribution is 2.40. The molecular formula is C19H11F3N2O. The first kappa shape index (κ1) is 15.3. The zero-order valence-corrected chi connectivity index (χ0v) is 12.7. The molecule has 1 heterocycles. The fraction of sp³-hybridized carbons (Fsp3) is 0. The van der Waals surface area contributed by atoms with Crippen molar-refractivity contribution in [2.24, 2.45) is 0 Å². The number of halogens is 3. The highest BCUT2D eigenvalue weighted by molar-refractivity contribution is 6.02. The number of nitrogens with two attached hydrogens (primary N) is 1. The van der Waals surface area contributed by atoms with Crippen LogP contribution in [0.3, 0.4) is 0 Å². The summed E-state index contributed by atoms with van der Waals surface area (Å²) in [7, 11) is 0. The lowest BCUT2D eigenvalue weighted by Crippen LogP contribution is -2.01. The molecule has 0 bridgehead atoms. The summed E-state index contributed by atoms with van der Waals surface area (Å²) in [6, 6.07) is 11.5. The molecule has 0 radical (unpaired) electrons. The van der Waals surface area contributed by atoms with Crippen LogP contribution in [-0.4, -0.2) is 0 Å². The van der Waals surface area contributed by atoms with Crippen LogP contribution < -0.4 is 11.1 Å². The van der Waals surface area contributed by atoms with E-state index in [9.17, 15) is 13.2 Å². The maximum atomic E-state index is 13.8. The summed E-state index contributed by atoms with van der Waals surface area (Å²) >= 11 is 0. The molecule has 0 aromatic heterocycles. The molecular weight excluding hydrogens is 329 g/mol. The predicted octanol–water partition coefficient (Wildman–Crippen LogP) is 4.68. The predicted molar refractivity (Wildman–Crippen MR) is 88.4 cm³/mol. The summed E-state index contributed by atoms with van der Waals surface area (Å²) in [6.07, 6.45) is 0. The first-order valence-electron chi connectivity index (χ1n) is 7.39. The van der Waals surface area contributed by atoms with Crippen LogP contribution in [0.15, 0.2) is 52.9 Å². The number of benzene rings is 3. The standard InChI is InChI=1S/C19H11F3N2O/c20-14-5-9(6-15(21)19(14)22)18-12-3-1-10(23)7-16(12)25-17-8-11(24)2-4-13(17)18/h1-8,23H,24H2. The molecule has 3 N–H and O–H groups in total. The fourth-order valence-corrected chi connectivity index (χ4v) is 2.92. The number of rotatable bonds is 1. The van der Waals surface area contributed by atoms with Gasteiger partial charge in [0.2, 0.25) is 0 Å². The van der Waals surface area contributed by atoms with Crippen molar-refractivity contribution in [2.45, 2.75) is 0 Å². The van der Waals surface area contributed by atoms with Gasteiger partial charge in [-0.25, -0.2) is 13.2 Å². The number of hydrogen-bond acceptors (Lipinski definition) is 3. The molecule has 0 atom stereocenters. The zero-order chi connectivity index (χ0) is 17.7. The molecule has 3 nitrogen and oxygen atoms in total. The third-order valence-corrected chi connectivity index (χ3v) is 4.02. The van der Waals surface area contributed by atoms with Crippen molar-refractivity contribution in [3.8, 4) is 22.5 Å². The highest BCUT2D eigenvalue weighted by atomic mass is 19.2. The summed E-state index contributed by atoms with van der Waals surface area (Å²) in [6.45, 7) is 0. The van der Waals surface area contributed by atoms with Gasteiger partial charge >= 0.3 is 0 Å². The quantitative estimate of drug-likeness (QED) is 0.300. The van der Waals surface area contributed by atoms with Gasteiger partial charge in [-0.3, -0.25) is 0 Å². The summed E-state index contributed by atoms with van der Waals surface area (Å²) in [5, 5.41) is 8.54. The molecule has 6 heteroatoms. The average Bonchev–Trinajstić information content (AvgIpc) is 2.56. The lowest BCUT2D eigenvalue weighted by molar-refractivity contribution is 0.448. The van der Waals surface area contributed by atoms with E-state index in [-0.39, 0.29) is 10.9 Å². The maximum absolute atomic E-state index is 13.8. The van der Waals surface area contributed by atoms with Gasteiger partial charge in [0, 0.05) is 34.3 Å². The highest BCUT2D eigenvalue weighted by Gasteiger charge is 2.20. The van der Waals surface area contributed by atoms with Crippen molar-refractivity contribution >= 4 is 16.7 Å². The lowest BCUT2D eigenvalue weighted by Gasteiger charge is -2.15.